The lowest BCUT2D eigenvalue weighted by Gasteiger charge is -2.12. The van der Waals surface area contributed by atoms with Crippen LogP contribution in [0.4, 0.5) is 0 Å². The van der Waals surface area contributed by atoms with Gasteiger partial charge < -0.3 is 5.32 Å². The number of sulfone groups is 1. The molecule has 1 N–H and O–H groups in total. The molecule has 0 saturated heterocycles. The van der Waals surface area contributed by atoms with E-state index in [0.717, 1.165) is 27.7 Å². The molecule has 1 atom stereocenters. The highest BCUT2D eigenvalue weighted by atomic mass is 79.9. The standard InChI is InChI=1S/C16H18BrN3O4S/c1-3-11(2)18-14(21)10-20-16(22)9-8-15(19-20)25(23,24)13-6-4-12(17)5-7-13/h4-9,11H,3,10H2,1-2H3,(H,18,21). The van der Waals surface area contributed by atoms with E-state index in [4.69, 9.17) is 0 Å². The van der Waals surface area contributed by atoms with Gasteiger partial charge in [0.2, 0.25) is 15.7 Å². The summed E-state index contributed by atoms with van der Waals surface area (Å²) in [5, 5.41) is 6.28. The van der Waals surface area contributed by atoms with E-state index in [1.165, 1.54) is 12.1 Å². The largest absolute Gasteiger partial charge is 0.352 e. The molecule has 2 aromatic rings. The molecule has 0 aliphatic heterocycles. The molecule has 0 saturated carbocycles. The molecule has 1 unspecified atom stereocenters. The molecule has 0 aliphatic rings. The van der Waals surface area contributed by atoms with E-state index >= 15 is 0 Å². The third kappa shape index (κ3) is 4.76. The fraction of sp³-hybridized carbons (Fsp3) is 0.312. The van der Waals surface area contributed by atoms with Crippen LogP contribution in [0.3, 0.4) is 0 Å². The smallest absolute Gasteiger partial charge is 0.267 e. The fourth-order valence-corrected chi connectivity index (χ4v) is 3.43. The van der Waals surface area contributed by atoms with Crippen molar-refractivity contribution in [1.29, 1.82) is 0 Å². The van der Waals surface area contributed by atoms with Crippen molar-refractivity contribution in [2.75, 3.05) is 0 Å². The van der Waals surface area contributed by atoms with E-state index in [9.17, 15) is 18.0 Å². The summed E-state index contributed by atoms with van der Waals surface area (Å²) in [6.45, 7) is 3.41. The van der Waals surface area contributed by atoms with Gasteiger partial charge in [0.15, 0.2) is 5.03 Å². The minimum atomic E-state index is -3.88. The van der Waals surface area contributed by atoms with Gasteiger partial charge in [0, 0.05) is 16.6 Å². The summed E-state index contributed by atoms with van der Waals surface area (Å²) in [5.41, 5.74) is -0.547. The van der Waals surface area contributed by atoms with Crippen LogP contribution < -0.4 is 10.9 Å². The molecule has 1 aromatic heterocycles. The van der Waals surface area contributed by atoms with Gasteiger partial charge >= 0.3 is 0 Å². The Balaban J connectivity index is 2.33. The number of nitrogens with zero attached hydrogens (tertiary/aromatic N) is 2. The first-order valence-electron chi connectivity index (χ1n) is 7.62. The summed E-state index contributed by atoms with van der Waals surface area (Å²) in [6, 6.07) is 8.26. The molecule has 7 nitrogen and oxygen atoms in total. The molecule has 1 aromatic carbocycles. The van der Waals surface area contributed by atoms with Crippen molar-refractivity contribution in [3.63, 3.8) is 0 Å². The molecular weight excluding hydrogens is 410 g/mol. The summed E-state index contributed by atoms with van der Waals surface area (Å²) < 4.78 is 26.8. The fourth-order valence-electron chi connectivity index (χ4n) is 1.98. The Morgan fingerprint density at radius 2 is 1.88 bits per heavy atom. The Morgan fingerprint density at radius 1 is 1.24 bits per heavy atom. The lowest BCUT2D eigenvalue weighted by Crippen LogP contribution is -2.38. The highest BCUT2D eigenvalue weighted by Gasteiger charge is 2.21. The number of rotatable bonds is 6. The maximum absolute atomic E-state index is 12.6. The van der Waals surface area contributed by atoms with Gasteiger partial charge in [-0.15, -0.1) is 0 Å². The van der Waals surface area contributed by atoms with Gasteiger partial charge in [-0.3, -0.25) is 9.59 Å². The number of carbonyl (C=O) groups is 1. The van der Waals surface area contributed by atoms with E-state index in [2.05, 4.69) is 26.3 Å². The summed E-state index contributed by atoms with van der Waals surface area (Å²) >= 11 is 3.24. The normalized spacial score (nSPS) is 12.6. The first-order valence-corrected chi connectivity index (χ1v) is 9.90. The summed E-state index contributed by atoms with van der Waals surface area (Å²) in [7, 11) is -3.88. The van der Waals surface area contributed by atoms with Crippen molar-refractivity contribution >= 4 is 31.7 Å². The molecule has 1 amide bonds. The molecule has 0 aliphatic carbocycles. The number of amides is 1. The molecule has 25 heavy (non-hydrogen) atoms. The molecule has 134 valence electrons. The molecule has 0 fully saturated rings. The van der Waals surface area contributed by atoms with Crippen LogP contribution in [0.5, 0.6) is 0 Å². The average Bonchev–Trinajstić information content (AvgIpc) is 2.56. The Kier molecular flexibility index (Phi) is 6.12. The number of benzene rings is 1. The number of hydrogen-bond donors (Lipinski definition) is 1. The van der Waals surface area contributed by atoms with Crippen molar-refractivity contribution in [1.82, 2.24) is 15.1 Å². The van der Waals surface area contributed by atoms with Crippen molar-refractivity contribution in [3.8, 4) is 0 Å². The van der Waals surface area contributed by atoms with Gasteiger partial charge in [-0.1, -0.05) is 22.9 Å². The van der Waals surface area contributed by atoms with Crippen LogP contribution in [-0.4, -0.2) is 30.1 Å². The van der Waals surface area contributed by atoms with E-state index in [1.807, 2.05) is 13.8 Å². The van der Waals surface area contributed by atoms with Crippen LogP contribution >= 0.6 is 15.9 Å². The zero-order chi connectivity index (χ0) is 18.6. The van der Waals surface area contributed by atoms with Gasteiger partial charge in [-0.05, 0) is 43.7 Å². The molecule has 0 spiro atoms. The molecular formula is C16H18BrN3O4S. The molecule has 9 heteroatoms. The van der Waals surface area contributed by atoms with Gasteiger partial charge in [-0.25, -0.2) is 13.1 Å². The van der Waals surface area contributed by atoms with Crippen LogP contribution in [0.2, 0.25) is 0 Å². The van der Waals surface area contributed by atoms with Gasteiger partial charge in [-0.2, -0.15) is 5.10 Å². The molecule has 2 rings (SSSR count). The quantitative estimate of drug-likeness (QED) is 0.756. The second-order valence-electron chi connectivity index (χ2n) is 5.50. The zero-order valence-electron chi connectivity index (χ0n) is 13.8. The van der Waals surface area contributed by atoms with Crippen LogP contribution in [-0.2, 0) is 21.2 Å². The zero-order valence-corrected chi connectivity index (χ0v) is 16.2. The number of halogens is 1. The van der Waals surface area contributed by atoms with Crippen LogP contribution in [0.1, 0.15) is 20.3 Å². The first-order chi connectivity index (χ1) is 11.7. The topological polar surface area (TPSA) is 98.1 Å². The van der Waals surface area contributed by atoms with E-state index in [0.29, 0.717) is 0 Å². The lowest BCUT2D eigenvalue weighted by atomic mass is 10.2. The average molecular weight is 428 g/mol. The van der Waals surface area contributed by atoms with Gasteiger partial charge in [0.1, 0.15) is 6.54 Å². The Hall–Kier alpha value is -2.00. The van der Waals surface area contributed by atoms with E-state index in [-0.39, 0.29) is 22.5 Å². The molecule has 1 heterocycles. The Morgan fingerprint density at radius 3 is 2.48 bits per heavy atom. The number of carbonyl (C=O) groups excluding carboxylic acids is 1. The predicted molar refractivity (Wildman–Crippen MR) is 96.0 cm³/mol. The third-order valence-electron chi connectivity index (χ3n) is 3.55. The monoisotopic (exact) mass is 427 g/mol. The minimum Gasteiger partial charge on any atom is -0.352 e. The van der Waals surface area contributed by atoms with E-state index < -0.39 is 21.3 Å². The number of aromatic nitrogens is 2. The van der Waals surface area contributed by atoms with Crippen LogP contribution in [0.25, 0.3) is 0 Å². The van der Waals surface area contributed by atoms with Crippen molar-refractivity contribution < 1.29 is 13.2 Å². The first kappa shape index (κ1) is 19.3. The predicted octanol–water partition coefficient (Wildman–Crippen LogP) is 1.75. The van der Waals surface area contributed by atoms with Crippen molar-refractivity contribution in [2.24, 2.45) is 0 Å². The van der Waals surface area contributed by atoms with Crippen LogP contribution in [0.15, 0.2) is 55.6 Å². The van der Waals surface area contributed by atoms with Crippen LogP contribution in [0, 0.1) is 0 Å². The second kappa shape index (κ2) is 7.92. The Bertz CT molecular complexity index is 923. The SMILES string of the molecule is CCC(C)NC(=O)Cn1nc(S(=O)(=O)c2ccc(Br)cc2)ccc1=O. The Labute approximate surface area is 154 Å². The van der Waals surface area contributed by atoms with E-state index in [1.54, 1.807) is 12.1 Å². The third-order valence-corrected chi connectivity index (χ3v) is 5.74. The number of hydrogen-bond acceptors (Lipinski definition) is 5. The summed E-state index contributed by atoms with van der Waals surface area (Å²) in [5.74, 6) is -0.401. The minimum absolute atomic E-state index is 0.0436. The molecule has 0 bridgehead atoms. The highest BCUT2D eigenvalue weighted by Crippen LogP contribution is 2.20. The van der Waals surface area contributed by atoms with Gasteiger partial charge in [0.25, 0.3) is 5.56 Å². The van der Waals surface area contributed by atoms with Crippen molar-refractivity contribution in [2.45, 2.75) is 42.8 Å². The second-order valence-corrected chi connectivity index (χ2v) is 8.31. The summed E-state index contributed by atoms with van der Waals surface area (Å²) in [6.07, 6.45) is 0.742. The van der Waals surface area contributed by atoms with Crippen molar-refractivity contribution in [3.05, 3.63) is 51.2 Å². The summed E-state index contributed by atoms with van der Waals surface area (Å²) in [4.78, 5) is 23.9. The molecule has 0 radical (unpaired) electrons. The lowest BCUT2D eigenvalue weighted by molar-refractivity contribution is -0.122. The highest BCUT2D eigenvalue weighted by molar-refractivity contribution is 9.10. The maximum atomic E-state index is 12.6. The number of nitrogens with one attached hydrogen (secondary N) is 1. The maximum Gasteiger partial charge on any atom is 0.267 e. The van der Waals surface area contributed by atoms with Gasteiger partial charge in [0.05, 0.1) is 4.90 Å².